The third-order valence-corrected chi connectivity index (χ3v) is 4.66. The van der Waals surface area contributed by atoms with E-state index in [0.29, 0.717) is 0 Å². The van der Waals surface area contributed by atoms with Crippen LogP contribution in [0, 0.1) is 13.8 Å². The molecule has 0 spiro atoms. The molecule has 2 rings (SSSR count). The Bertz CT molecular complexity index is 599. The summed E-state index contributed by atoms with van der Waals surface area (Å²) >= 11 is 3.66. The zero-order chi connectivity index (χ0) is 14.9. The molecule has 0 aliphatic rings. The van der Waals surface area contributed by atoms with Gasteiger partial charge in [-0.15, -0.1) is 0 Å². The number of aromatic nitrogens is 4. The zero-order valence-electron chi connectivity index (χ0n) is 12.7. The van der Waals surface area contributed by atoms with E-state index in [-0.39, 0.29) is 6.04 Å². The van der Waals surface area contributed by atoms with Crippen LogP contribution < -0.4 is 5.32 Å². The van der Waals surface area contributed by atoms with Gasteiger partial charge in [-0.05, 0) is 43.7 Å². The predicted molar refractivity (Wildman–Crippen MR) is 83.8 cm³/mol. The third-order valence-electron chi connectivity index (χ3n) is 3.63. The molecule has 2 aromatic heterocycles. The van der Waals surface area contributed by atoms with Crippen LogP contribution in [0.1, 0.15) is 35.6 Å². The van der Waals surface area contributed by atoms with Crippen LogP contribution in [0.2, 0.25) is 0 Å². The number of rotatable bonds is 5. The largest absolute Gasteiger partial charge is 0.313 e. The summed E-state index contributed by atoms with van der Waals surface area (Å²) in [4.78, 5) is 0. The lowest BCUT2D eigenvalue weighted by Crippen LogP contribution is -2.21. The van der Waals surface area contributed by atoms with Gasteiger partial charge in [0.1, 0.15) is 0 Å². The van der Waals surface area contributed by atoms with Gasteiger partial charge in [-0.1, -0.05) is 0 Å². The minimum Gasteiger partial charge on any atom is -0.313 e. The lowest BCUT2D eigenvalue weighted by atomic mass is 10.0. The quantitative estimate of drug-likeness (QED) is 0.910. The molecule has 6 heteroatoms. The number of halogens is 1. The molecule has 0 bridgehead atoms. The average molecular weight is 340 g/mol. The van der Waals surface area contributed by atoms with E-state index in [1.165, 1.54) is 11.3 Å². The monoisotopic (exact) mass is 339 g/mol. The second-order valence-corrected chi connectivity index (χ2v) is 5.84. The molecule has 0 saturated heterocycles. The highest BCUT2D eigenvalue weighted by Gasteiger charge is 2.20. The number of likely N-dealkylation sites (N-methyl/N-ethyl adjacent to an activating group) is 1. The summed E-state index contributed by atoms with van der Waals surface area (Å²) in [5.74, 6) is 0. The van der Waals surface area contributed by atoms with Crippen LogP contribution in [0.4, 0.5) is 0 Å². The molecule has 2 heterocycles. The van der Waals surface area contributed by atoms with Crippen molar-refractivity contribution in [2.75, 3.05) is 7.05 Å². The maximum Gasteiger partial charge on any atom is 0.0738 e. The normalized spacial score (nSPS) is 12.9. The molecule has 1 N–H and O–H groups in total. The highest BCUT2D eigenvalue weighted by molar-refractivity contribution is 9.10. The summed E-state index contributed by atoms with van der Waals surface area (Å²) in [6.45, 7) is 7.08. The van der Waals surface area contributed by atoms with Crippen molar-refractivity contribution in [3.63, 3.8) is 0 Å². The van der Waals surface area contributed by atoms with E-state index in [9.17, 15) is 0 Å². The SMILES string of the molecule is CCn1nc(C)c(Br)c1CC(NC)c1cn(C)nc1C. The molecule has 0 radical (unpaired) electrons. The highest BCUT2D eigenvalue weighted by Crippen LogP contribution is 2.27. The minimum absolute atomic E-state index is 0.237. The molecule has 1 atom stereocenters. The van der Waals surface area contributed by atoms with E-state index in [4.69, 9.17) is 0 Å². The first-order valence-corrected chi connectivity index (χ1v) is 7.66. The second-order valence-electron chi connectivity index (χ2n) is 5.05. The van der Waals surface area contributed by atoms with Gasteiger partial charge < -0.3 is 5.32 Å². The van der Waals surface area contributed by atoms with Crippen molar-refractivity contribution in [3.05, 3.63) is 33.3 Å². The van der Waals surface area contributed by atoms with E-state index in [1.807, 2.05) is 25.7 Å². The fourth-order valence-corrected chi connectivity index (χ4v) is 3.03. The summed E-state index contributed by atoms with van der Waals surface area (Å²) in [6.07, 6.45) is 2.97. The Balaban J connectivity index is 2.34. The van der Waals surface area contributed by atoms with Gasteiger partial charge in [0.2, 0.25) is 0 Å². The van der Waals surface area contributed by atoms with Crippen molar-refractivity contribution in [2.24, 2.45) is 7.05 Å². The Morgan fingerprint density at radius 3 is 2.50 bits per heavy atom. The third kappa shape index (κ3) is 2.81. The van der Waals surface area contributed by atoms with Crippen molar-refractivity contribution < 1.29 is 0 Å². The van der Waals surface area contributed by atoms with Gasteiger partial charge in [0.25, 0.3) is 0 Å². The molecular weight excluding hydrogens is 318 g/mol. The van der Waals surface area contributed by atoms with Crippen LogP contribution in [-0.2, 0) is 20.0 Å². The van der Waals surface area contributed by atoms with E-state index in [2.05, 4.69) is 56.2 Å². The molecule has 0 aliphatic carbocycles. The van der Waals surface area contributed by atoms with Crippen LogP contribution in [0.25, 0.3) is 0 Å². The van der Waals surface area contributed by atoms with E-state index < -0.39 is 0 Å². The summed E-state index contributed by atoms with van der Waals surface area (Å²) in [7, 11) is 3.95. The van der Waals surface area contributed by atoms with Crippen molar-refractivity contribution in [1.82, 2.24) is 24.9 Å². The number of nitrogens with one attached hydrogen (secondary N) is 1. The Labute approximate surface area is 128 Å². The summed E-state index contributed by atoms with van der Waals surface area (Å²) in [5, 5.41) is 12.4. The first-order valence-electron chi connectivity index (χ1n) is 6.87. The predicted octanol–water partition coefficient (Wildman–Crippen LogP) is 2.52. The number of hydrogen-bond donors (Lipinski definition) is 1. The van der Waals surface area contributed by atoms with Gasteiger partial charge in [-0.25, -0.2) is 0 Å². The molecule has 0 saturated carbocycles. The highest BCUT2D eigenvalue weighted by atomic mass is 79.9. The molecule has 20 heavy (non-hydrogen) atoms. The molecule has 0 aromatic carbocycles. The standard InChI is InChI=1S/C14H22BrN5/c1-6-20-13(14(15)10(3)18-20)7-12(16-4)11-8-19(5)17-9(11)2/h8,12,16H,6-7H2,1-5H3. The minimum atomic E-state index is 0.237. The molecular formula is C14H22BrN5. The molecule has 1 unspecified atom stereocenters. The van der Waals surface area contributed by atoms with E-state index >= 15 is 0 Å². The Hall–Kier alpha value is -1.14. The van der Waals surface area contributed by atoms with Gasteiger partial charge in [-0.2, -0.15) is 10.2 Å². The second kappa shape index (κ2) is 6.10. The lowest BCUT2D eigenvalue weighted by molar-refractivity contribution is 0.538. The number of aryl methyl sites for hydroxylation is 4. The molecule has 0 fully saturated rings. The topological polar surface area (TPSA) is 47.7 Å². The fourth-order valence-electron chi connectivity index (χ4n) is 2.58. The number of hydrogen-bond acceptors (Lipinski definition) is 3. The summed E-state index contributed by atoms with van der Waals surface area (Å²) < 4.78 is 5.04. The zero-order valence-corrected chi connectivity index (χ0v) is 14.3. The van der Waals surface area contributed by atoms with Crippen molar-refractivity contribution >= 4 is 15.9 Å². The average Bonchev–Trinajstić information content (AvgIpc) is 2.88. The van der Waals surface area contributed by atoms with Crippen LogP contribution in [0.3, 0.4) is 0 Å². The van der Waals surface area contributed by atoms with Crippen LogP contribution >= 0.6 is 15.9 Å². The van der Waals surface area contributed by atoms with Crippen molar-refractivity contribution in [3.8, 4) is 0 Å². The van der Waals surface area contributed by atoms with Gasteiger partial charge in [-0.3, -0.25) is 9.36 Å². The number of nitrogens with zero attached hydrogens (tertiary/aromatic N) is 4. The Morgan fingerprint density at radius 2 is 2.00 bits per heavy atom. The summed E-state index contributed by atoms with van der Waals surface area (Å²) in [6, 6.07) is 0.237. The molecule has 110 valence electrons. The first kappa shape index (κ1) is 15.3. The Kier molecular flexibility index (Phi) is 4.65. The van der Waals surface area contributed by atoms with Crippen molar-refractivity contribution in [1.29, 1.82) is 0 Å². The fraction of sp³-hybridized carbons (Fsp3) is 0.571. The van der Waals surface area contributed by atoms with Gasteiger partial charge in [0.15, 0.2) is 0 Å². The van der Waals surface area contributed by atoms with E-state index in [1.54, 1.807) is 0 Å². The van der Waals surface area contributed by atoms with Gasteiger partial charge >= 0.3 is 0 Å². The first-order chi connectivity index (χ1) is 9.47. The van der Waals surface area contributed by atoms with Gasteiger partial charge in [0, 0.05) is 37.8 Å². The molecule has 0 amide bonds. The van der Waals surface area contributed by atoms with Crippen LogP contribution in [0.5, 0.6) is 0 Å². The molecule has 5 nitrogen and oxygen atoms in total. The van der Waals surface area contributed by atoms with Crippen molar-refractivity contribution in [2.45, 2.75) is 39.8 Å². The van der Waals surface area contributed by atoms with E-state index in [0.717, 1.165) is 28.8 Å². The summed E-state index contributed by atoms with van der Waals surface area (Å²) in [5.41, 5.74) is 4.58. The maximum atomic E-state index is 4.56. The smallest absolute Gasteiger partial charge is 0.0738 e. The lowest BCUT2D eigenvalue weighted by Gasteiger charge is -2.16. The molecule has 2 aromatic rings. The van der Waals surface area contributed by atoms with Gasteiger partial charge in [0.05, 0.1) is 21.6 Å². The van der Waals surface area contributed by atoms with Crippen LogP contribution in [0.15, 0.2) is 10.7 Å². The van der Waals surface area contributed by atoms with Crippen LogP contribution in [-0.4, -0.2) is 26.6 Å². The maximum absolute atomic E-state index is 4.56. The molecule has 0 aliphatic heterocycles. The Morgan fingerprint density at radius 1 is 1.30 bits per heavy atom.